The molecule has 0 amide bonds. The van der Waals surface area contributed by atoms with Crippen LogP contribution < -0.4 is 0 Å². The third-order valence-corrected chi connectivity index (χ3v) is 10.1. The Morgan fingerprint density at radius 3 is 1.70 bits per heavy atom. The SMILES string of the molecule is [C-]#[N+]c1cc(-c2cc(-c3ccccc3)cc(-c3ccc4sc5ccccc5c4c3)c2)cc(-n2c3ccccc3c3ccccc32)c1. The molecular formula is C43H26N2S. The van der Waals surface area contributed by atoms with Crippen LogP contribution >= 0.6 is 11.3 Å². The van der Waals surface area contributed by atoms with Gasteiger partial charge in [0.05, 0.1) is 17.6 Å². The van der Waals surface area contributed by atoms with Crippen molar-refractivity contribution in [3.63, 3.8) is 0 Å². The Morgan fingerprint density at radius 2 is 0.978 bits per heavy atom. The van der Waals surface area contributed by atoms with Crippen molar-refractivity contribution in [3.8, 4) is 39.1 Å². The predicted molar refractivity (Wildman–Crippen MR) is 196 cm³/mol. The van der Waals surface area contributed by atoms with E-state index < -0.39 is 0 Å². The Balaban J connectivity index is 1.28. The molecule has 0 spiro atoms. The van der Waals surface area contributed by atoms with Crippen LogP contribution in [0.1, 0.15) is 0 Å². The molecule has 0 aliphatic rings. The number of para-hydroxylation sites is 2. The molecule has 0 radical (unpaired) electrons. The molecular weight excluding hydrogens is 577 g/mol. The van der Waals surface area contributed by atoms with Crippen LogP contribution in [0.3, 0.4) is 0 Å². The zero-order valence-corrected chi connectivity index (χ0v) is 25.6. The average molecular weight is 603 g/mol. The van der Waals surface area contributed by atoms with Gasteiger partial charge in [-0.15, -0.1) is 11.3 Å². The molecule has 0 saturated heterocycles. The molecule has 0 aliphatic carbocycles. The summed E-state index contributed by atoms with van der Waals surface area (Å²) in [5.74, 6) is 0. The summed E-state index contributed by atoms with van der Waals surface area (Å²) in [7, 11) is 0. The molecule has 2 nitrogen and oxygen atoms in total. The minimum absolute atomic E-state index is 0.618. The maximum Gasteiger partial charge on any atom is 0.189 e. The number of rotatable bonds is 4. The van der Waals surface area contributed by atoms with E-state index in [9.17, 15) is 0 Å². The fraction of sp³-hybridized carbons (Fsp3) is 0. The van der Waals surface area contributed by atoms with Crippen LogP contribution in [-0.2, 0) is 0 Å². The fourth-order valence-electron chi connectivity index (χ4n) is 6.82. The van der Waals surface area contributed by atoms with Gasteiger partial charge in [-0.05, 0) is 100 Å². The summed E-state index contributed by atoms with van der Waals surface area (Å²) < 4.78 is 4.90. The second-order valence-electron chi connectivity index (χ2n) is 11.7. The first-order valence-electron chi connectivity index (χ1n) is 15.4. The number of benzene rings is 7. The summed E-state index contributed by atoms with van der Waals surface area (Å²) >= 11 is 1.84. The van der Waals surface area contributed by atoms with E-state index in [0.717, 1.165) is 44.5 Å². The molecule has 0 atom stereocenters. The van der Waals surface area contributed by atoms with Crippen molar-refractivity contribution in [1.82, 2.24) is 4.57 Å². The van der Waals surface area contributed by atoms with Gasteiger partial charge < -0.3 is 4.57 Å². The van der Waals surface area contributed by atoms with Crippen LogP contribution in [0.2, 0.25) is 0 Å². The molecule has 0 N–H and O–H groups in total. The Morgan fingerprint density at radius 1 is 0.413 bits per heavy atom. The second-order valence-corrected chi connectivity index (χ2v) is 12.8. The Hall–Kier alpha value is -5.95. The highest BCUT2D eigenvalue weighted by atomic mass is 32.1. The lowest BCUT2D eigenvalue weighted by Gasteiger charge is -2.14. The Kier molecular flexibility index (Phi) is 6.09. The van der Waals surface area contributed by atoms with Crippen LogP contribution in [-0.4, -0.2) is 4.57 Å². The van der Waals surface area contributed by atoms with E-state index in [-0.39, 0.29) is 0 Å². The van der Waals surface area contributed by atoms with Gasteiger partial charge in [0.25, 0.3) is 0 Å². The molecule has 9 rings (SSSR count). The van der Waals surface area contributed by atoms with E-state index in [0.29, 0.717) is 5.69 Å². The standard InChI is InChI=1S/C43H26N2S/c1-44-34-24-33(25-35(27-34)45-40-16-8-5-13-36(40)37-14-6-9-17-41(37)45)32-22-30(28-11-3-2-4-12-28)21-31(23-32)29-19-20-43-39(26-29)38-15-7-10-18-42(38)46-43/h2-27H. The lowest BCUT2D eigenvalue weighted by Crippen LogP contribution is -1.95. The first-order valence-corrected chi connectivity index (χ1v) is 16.2. The highest BCUT2D eigenvalue weighted by Gasteiger charge is 2.15. The van der Waals surface area contributed by atoms with Crippen molar-refractivity contribution >= 4 is 59.0 Å². The topological polar surface area (TPSA) is 9.29 Å². The van der Waals surface area contributed by atoms with E-state index in [1.54, 1.807) is 0 Å². The van der Waals surface area contributed by atoms with Crippen molar-refractivity contribution in [2.45, 2.75) is 0 Å². The lowest BCUT2D eigenvalue weighted by atomic mass is 9.92. The molecule has 0 aliphatic heterocycles. The summed E-state index contributed by atoms with van der Waals surface area (Å²) in [6.45, 7) is 8.05. The van der Waals surface area contributed by atoms with Gasteiger partial charge in [0.2, 0.25) is 0 Å². The number of hydrogen-bond donors (Lipinski definition) is 0. The van der Waals surface area contributed by atoms with Crippen molar-refractivity contribution < 1.29 is 0 Å². The summed E-state index contributed by atoms with van der Waals surface area (Å²) in [4.78, 5) is 3.94. The third kappa shape index (κ3) is 4.31. The van der Waals surface area contributed by atoms with Gasteiger partial charge in [-0.3, -0.25) is 0 Å². The lowest BCUT2D eigenvalue weighted by molar-refractivity contribution is 1.18. The normalized spacial score (nSPS) is 11.5. The molecule has 0 fully saturated rings. The number of nitrogens with zero attached hydrogens (tertiary/aromatic N) is 2. The van der Waals surface area contributed by atoms with E-state index in [2.05, 4.69) is 155 Å². The molecule has 2 heterocycles. The third-order valence-electron chi connectivity index (χ3n) is 8.95. The van der Waals surface area contributed by atoms with Gasteiger partial charge >= 0.3 is 0 Å². The summed E-state index contributed by atoms with van der Waals surface area (Å²) in [6.07, 6.45) is 0. The van der Waals surface area contributed by atoms with Gasteiger partial charge in [-0.2, -0.15) is 0 Å². The van der Waals surface area contributed by atoms with Crippen molar-refractivity contribution in [3.05, 3.63) is 169 Å². The highest BCUT2D eigenvalue weighted by Crippen LogP contribution is 2.40. The molecule has 214 valence electrons. The van der Waals surface area contributed by atoms with Gasteiger partial charge in [0, 0.05) is 36.6 Å². The molecule has 7 aromatic carbocycles. The van der Waals surface area contributed by atoms with E-state index in [1.807, 2.05) is 23.5 Å². The minimum atomic E-state index is 0.618. The first kappa shape index (κ1) is 26.5. The average Bonchev–Trinajstić information content (AvgIpc) is 3.67. The van der Waals surface area contributed by atoms with Gasteiger partial charge in [-0.1, -0.05) is 91.0 Å². The predicted octanol–water partition coefficient (Wildman–Crippen LogP) is 12.7. The van der Waals surface area contributed by atoms with Gasteiger partial charge in [0.15, 0.2) is 5.69 Å². The Labute approximate surface area is 270 Å². The minimum Gasteiger partial charge on any atom is -0.310 e. The number of fused-ring (bicyclic) bond motifs is 6. The maximum atomic E-state index is 8.05. The Bertz CT molecular complexity index is 2600. The number of aromatic nitrogens is 1. The molecule has 0 bridgehead atoms. The fourth-order valence-corrected chi connectivity index (χ4v) is 7.91. The summed E-state index contributed by atoms with van der Waals surface area (Å²) in [5.41, 5.74) is 10.6. The van der Waals surface area contributed by atoms with Crippen molar-refractivity contribution in [1.29, 1.82) is 0 Å². The molecule has 46 heavy (non-hydrogen) atoms. The molecule has 3 heteroatoms. The largest absolute Gasteiger partial charge is 0.310 e. The second kappa shape index (κ2) is 10.6. The van der Waals surface area contributed by atoms with Crippen LogP contribution in [0.5, 0.6) is 0 Å². The quantitative estimate of drug-likeness (QED) is 0.177. The van der Waals surface area contributed by atoms with Crippen LogP contribution in [0, 0.1) is 6.57 Å². The highest BCUT2D eigenvalue weighted by molar-refractivity contribution is 7.25. The van der Waals surface area contributed by atoms with Crippen LogP contribution in [0.25, 0.3) is 85.9 Å². The molecule has 0 unspecified atom stereocenters. The summed E-state index contributed by atoms with van der Waals surface area (Å²) in [5, 5.41) is 4.99. The van der Waals surface area contributed by atoms with Crippen LogP contribution in [0.4, 0.5) is 5.69 Å². The number of thiophene rings is 1. The molecule has 2 aromatic heterocycles. The smallest absolute Gasteiger partial charge is 0.189 e. The van der Waals surface area contributed by atoms with E-state index in [4.69, 9.17) is 6.57 Å². The number of hydrogen-bond acceptors (Lipinski definition) is 1. The van der Waals surface area contributed by atoms with Gasteiger partial charge in [0.1, 0.15) is 0 Å². The molecule has 0 saturated carbocycles. The molecule has 9 aromatic rings. The maximum absolute atomic E-state index is 8.05. The van der Waals surface area contributed by atoms with Crippen LogP contribution in [0.15, 0.2) is 158 Å². The summed E-state index contributed by atoms with van der Waals surface area (Å²) in [6, 6.07) is 56.2. The first-order chi connectivity index (χ1) is 22.7. The van der Waals surface area contributed by atoms with Crippen molar-refractivity contribution in [2.75, 3.05) is 0 Å². The van der Waals surface area contributed by atoms with E-state index in [1.165, 1.54) is 36.5 Å². The van der Waals surface area contributed by atoms with Gasteiger partial charge in [-0.25, -0.2) is 4.85 Å². The van der Waals surface area contributed by atoms with Crippen molar-refractivity contribution in [2.24, 2.45) is 0 Å². The zero-order chi connectivity index (χ0) is 30.6. The zero-order valence-electron chi connectivity index (χ0n) is 24.8. The monoisotopic (exact) mass is 602 g/mol. The van der Waals surface area contributed by atoms with E-state index >= 15 is 0 Å².